The van der Waals surface area contributed by atoms with Crippen molar-refractivity contribution in [2.75, 3.05) is 25.6 Å². The second-order valence-electron chi connectivity index (χ2n) is 5.07. The van der Waals surface area contributed by atoms with Crippen LogP contribution in [0.1, 0.15) is 5.56 Å². The van der Waals surface area contributed by atoms with Crippen molar-refractivity contribution in [3.05, 3.63) is 28.2 Å². The van der Waals surface area contributed by atoms with Crippen LogP contribution in [-0.4, -0.2) is 48.3 Å². The lowest BCUT2D eigenvalue weighted by molar-refractivity contribution is -0.142. The monoisotopic (exact) mass is 356 g/mol. The second-order valence-corrected chi connectivity index (χ2v) is 5.93. The van der Waals surface area contributed by atoms with Crippen LogP contribution in [0.15, 0.2) is 22.7 Å². The molecule has 0 aliphatic carbocycles. The Hall–Kier alpha value is -1.60. The third-order valence-corrected chi connectivity index (χ3v) is 4.21. The van der Waals surface area contributed by atoms with Crippen molar-refractivity contribution in [2.24, 2.45) is 5.92 Å². The molecule has 2 atom stereocenters. The van der Waals surface area contributed by atoms with Crippen LogP contribution in [0.5, 0.6) is 0 Å². The number of carboxylic acids is 1. The fraction of sp³-hybridized carbons (Fsp3) is 0.429. The average Bonchev–Trinajstić information content (AvgIpc) is 2.90. The number of urea groups is 1. The zero-order chi connectivity index (χ0) is 15.6. The Labute approximate surface area is 131 Å². The summed E-state index contributed by atoms with van der Waals surface area (Å²) in [7, 11) is 1.58. The summed E-state index contributed by atoms with van der Waals surface area (Å²) < 4.78 is 5.96. The first-order valence-corrected chi connectivity index (χ1v) is 7.30. The van der Waals surface area contributed by atoms with Gasteiger partial charge in [0.25, 0.3) is 0 Å². The summed E-state index contributed by atoms with van der Waals surface area (Å²) in [6, 6.07) is 4.76. The van der Waals surface area contributed by atoms with Gasteiger partial charge >= 0.3 is 12.0 Å². The number of anilines is 1. The molecule has 2 N–H and O–H groups in total. The molecule has 21 heavy (non-hydrogen) atoms. The minimum atomic E-state index is -0.950. The molecule has 1 heterocycles. The van der Waals surface area contributed by atoms with E-state index in [4.69, 9.17) is 9.84 Å². The molecule has 0 bridgehead atoms. The summed E-state index contributed by atoms with van der Waals surface area (Å²) in [5.74, 6) is -1.64. The van der Waals surface area contributed by atoms with Gasteiger partial charge in [-0.15, -0.1) is 0 Å². The van der Waals surface area contributed by atoms with E-state index in [9.17, 15) is 9.59 Å². The van der Waals surface area contributed by atoms with Crippen LogP contribution in [0.3, 0.4) is 0 Å². The largest absolute Gasteiger partial charge is 0.481 e. The molecule has 2 amide bonds. The van der Waals surface area contributed by atoms with Gasteiger partial charge in [-0.25, -0.2) is 4.79 Å². The Balaban J connectivity index is 2.07. The first-order chi connectivity index (χ1) is 9.90. The lowest BCUT2D eigenvalue weighted by Gasteiger charge is -2.26. The van der Waals surface area contributed by atoms with Crippen LogP contribution in [0, 0.1) is 12.8 Å². The van der Waals surface area contributed by atoms with Gasteiger partial charge in [-0.3, -0.25) is 4.79 Å². The number of ether oxygens (including phenoxy) is 1. The topological polar surface area (TPSA) is 78.9 Å². The van der Waals surface area contributed by atoms with Gasteiger partial charge in [-0.05, 0) is 40.5 Å². The SMILES string of the molecule is Cc1ccc(NC(=O)N(C)C2COCC2C(=O)O)c(Br)c1. The number of aryl methyl sites for hydroxylation is 1. The van der Waals surface area contributed by atoms with Gasteiger partial charge in [0.2, 0.25) is 0 Å². The van der Waals surface area contributed by atoms with E-state index in [2.05, 4.69) is 21.2 Å². The van der Waals surface area contributed by atoms with Crippen LogP contribution >= 0.6 is 15.9 Å². The molecule has 1 aromatic carbocycles. The van der Waals surface area contributed by atoms with Crippen LogP contribution in [0.4, 0.5) is 10.5 Å². The predicted molar refractivity (Wildman–Crippen MR) is 81.4 cm³/mol. The van der Waals surface area contributed by atoms with E-state index in [1.54, 1.807) is 13.1 Å². The number of aliphatic carboxylic acids is 1. The number of halogens is 1. The van der Waals surface area contributed by atoms with Crippen molar-refractivity contribution in [2.45, 2.75) is 13.0 Å². The Morgan fingerprint density at radius 2 is 2.14 bits per heavy atom. The zero-order valence-corrected chi connectivity index (χ0v) is 13.4. The van der Waals surface area contributed by atoms with Gasteiger partial charge < -0.3 is 20.1 Å². The average molecular weight is 357 g/mol. The van der Waals surface area contributed by atoms with E-state index in [0.29, 0.717) is 5.69 Å². The highest BCUT2D eigenvalue weighted by atomic mass is 79.9. The van der Waals surface area contributed by atoms with E-state index in [1.807, 2.05) is 19.1 Å². The molecule has 0 aromatic heterocycles. The van der Waals surface area contributed by atoms with Crippen molar-refractivity contribution in [3.8, 4) is 0 Å². The molecule has 0 radical (unpaired) electrons. The van der Waals surface area contributed by atoms with Crippen LogP contribution in [-0.2, 0) is 9.53 Å². The van der Waals surface area contributed by atoms with Gasteiger partial charge in [0.15, 0.2) is 0 Å². The van der Waals surface area contributed by atoms with Gasteiger partial charge in [0.1, 0.15) is 5.92 Å². The zero-order valence-electron chi connectivity index (χ0n) is 11.8. The molecule has 1 aromatic rings. The van der Waals surface area contributed by atoms with E-state index >= 15 is 0 Å². The molecule has 1 fully saturated rings. The van der Waals surface area contributed by atoms with E-state index in [1.165, 1.54) is 4.90 Å². The van der Waals surface area contributed by atoms with Crippen LogP contribution < -0.4 is 5.32 Å². The molecule has 0 saturated carbocycles. The standard InChI is InChI=1S/C14H17BrN2O4/c1-8-3-4-11(10(15)5-8)16-14(20)17(2)12-7-21-6-9(12)13(18)19/h3-5,9,12H,6-7H2,1-2H3,(H,16,20)(H,18,19). The van der Waals surface area contributed by atoms with E-state index in [0.717, 1.165) is 10.0 Å². The highest BCUT2D eigenvalue weighted by Crippen LogP contribution is 2.25. The maximum Gasteiger partial charge on any atom is 0.321 e. The number of nitrogens with zero attached hydrogens (tertiary/aromatic N) is 1. The van der Waals surface area contributed by atoms with Gasteiger partial charge in [0, 0.05) is 11.5 Å². The Bertz CT molecular complexity index is 564. The van der Waals surface area contributed by atoms with Crippen molar-refractivity contribution >= 4 is 33.6 Å². The number of carbonyl (C=O) groups is 2. The maximum atomic E-state index is 12.3. The summed E-state index contributed by atoms with van der Waals surface area (Å²) in [5, 5.41) is 11.9. The number of hydrogen-bond donors (Lipinski definition) is 2. The van der Waals surface area contributed by atoms with Crippen molar-refractivity contribution in [1.29, 1.82) is 0 Å². The smallest absolute Gasteiger partial charge is 0.321 e. The normalized spacial score (nSPS) is 21.1. The van der Waals surface area contributed by atoms with E-state index in [-0.39, 0.29) is 19.2 Å². The van der Waals surface area contributed by atoms with Crippen molar-refractivity contribution in [1.82, 2.24) is 4.90 Å². The van der Waals surface area contributed by atoms with Crippen LogP contribution in [0.2, 0.25) is 0 Å². The Kier molecular flexibility index (Phi) is 4.84. The lowest BCUT2D eigenvalue weighted by atomic mass is 10.0. The van der Waals surface area contributed by atoms with Crippen molar-refractivity contribution in [3.63, 3.8) is 0 Å². The number of carbonyl (C=O) groups excluding carboxylic acids is 1. The highest BCUT2D eigenvalue weighted by Gasteiger charge is 2.38. The number of carboxylic acid groups (broad SMARTS) is 1. The summed E-state index contributed by atoms with van der Waals surface area (Å²) in [4.78, 5) is 24.8. The number of rotatable bonds is 3. The quantitative estimate of drug-likeness (QED) is 0.870. The molecule has 0 spiro atoms. The van der Waals surface area contributed by atoms with E-state index < -0.39 is 17.9 Å². The summed E-state index contributed by atoms with van der Waals surface area (Å²) in [5.41, 5.74) is 1.71. The highest BCUT2D eigenvalue weighted by molar-refractivity contribution is 9.10. The second kappa shape index (κ2) is 6.44. The number of amides is 2. The van der Waals surface area contributed by atoms with Crippen molar-refractivity contribution < 1.29 is 19.4 Å². The fourth-order valence-electron chi connectivity index (χ4n) is 2.24. The number of likely N-dealkylation sites (N-methyl/N-ethyl adjacent to an activating group) is 1. The number of nitrogens with one attached hydrogen (secondary N) is 1. The first kappa shape index (κ1) is 15.8. The summed E-state index contributed by atoms with van der Waals surface area (Å²) in [6.07, 6.45) is 0. The molecular formula is C14H17BrN2O4. The minimum absolute atomic E-state index is 0.131. The van der Waals surface area contributed by atoms with Crippen LogP contribution in [0.25, 0.3) is 0 Å². The third-order valence-electron chi connectivity index (χ3n) is 3.55. The maximum absolute atomic E-state index is 12.3. The minimum Gasteiger partial charge on any atom is -0.481 e. The fourth-order valence-corrected chi connectivity index (χ4v) is 2.83. The predicted octanol–water partition coefficient (Wildman–Crippen LogP) is 2.32. The number of hydrogen-bond acceptors (Lipinski definition) is 3. The molecule has 6 nitrogen and oxygen atoms in total. The van der Waals surface area contributed by atoms with Gasteiger partial charge in [0.05, 0.1) is 24.9 Å². The molecule has 1 aliphatic heterocycles. The Morgan fingerprint density at radius 3 is 2.76 bits per heavy atom. The first-order valence-electron chi connectivity index (χ1n) is 6.50. The van der Waals surface area contributed by atoms with Gasteiger partial charge in [-0.2, -0.15) is 0 Å². The number of benzene rings is 1. The Morgan fingerprint density at radius 1 is 1.43 bits per heavy atom. The molecule has 2 rings (SSSR count). The molecule has 2 unspecified atom stereocenters. The third kappa shape index (κ3) is 3.54. The molecule has 1 saturated heterocycles. The molecular weight excluding hydrogens is 340 g/mol. The molecule has 1 aliphatic rings. The van der Waals surface area contributed by atoms with Gasteiger partial charge in [-0.1, -0.05) is 6.07 Å². The summed E-state index contributed by atoms with van der Waals surface area (Å²) in [6.45, 7) is 2.32. The molecule has 114 valence electrons. The lowest BCUT2D eigenvalue weighted by Crippen LogP contribution is -2.45. The summed E-state index contributed by atoms with van der Waals surface area (Å²) >= 11 is 3.39. The molecule has 7 heteroatoms.